The van der Waals surface area contributed by atoms with Crippen molar-refractivity contribution in [3.05, 3.63) is 52.3 Å². The molecule has 1 atom stereocenters. The summed E-state index contributed by atoms with van der Waals surface area (Å²) >= 11 is 3.32. The fourth-order valence-corrected chi connectivity index (χ4v) is 3.35. The highest BCUT2D eigenvalue weighted by Gasteiger charge is 2.12. The van der Waals surface area contributed by atoms with Crippen LogP contribution in [0.15, 0.2) is 45.9 Å². The summed E-state index contributed by atoms with van der Waals surface area (Å²) in [6, 6.07) is 10.7. The van der Waals surface area contributed by atoms with Gasteiger partial charge in [0.15, 0.2) is 0 Å². The number of halogens is 1. The maximum Gasteiger partial charge on any atom is 0.144 e. The maximum absolute atomic E-state index is 12.3. The van der Waals surface area contributed by atoms with Gasteiger partial charge in [-0.3, -0.25) is 4.21 Å². The van der Waals surface area contributed by atoms with Crippen LogP contribution in [0.5, 0.6) is 0 Å². The molecular weight excluding hydrogens is 326 g/mol. The Kier molecular flexibility index (Phi) is 4.30. The van der Waals surface area contributed by atoms with Crippen molar-refractivity contribution in [3.8, 4) is 6.07 Å². The molecule has 0 spiro atoms. The van der Waals surface area contributed by atoms with Crippen molar-refractivity contribution >= 4 is 32.4 Å². The number of anilines is 1. The van der Waals surface area contributed by atoms with Gasteiger partial charge in [0, 0.05) is 21.9 Å². The van der Waals surface area contributed by atoms with E-state index in [-0.39, 0.29) is 5.75 Å². The predicted octanol–water partition coefficient (Wildman–Crippen LogP) is 2.61. The zero-order chi connectivity index (χ0) is 13.8. The minimum absolute atomic E-state index is 0.220. The Bertz CT molecular complexity index is 682. The van der Waals surface area contributed by atoms with Gasteiger partial charge in [-0.05, 0) is 24.3 Å². The molecule has 0 saturated heterocycles. The van der Waals surface area contributed by atoms with Gasteiger partial charge in [0.1, 0.15) is 11.8 Å². The van der Waals surface area contributed by atoms with Gasteiger partial charge < -0.3 is 5.73 Å². The van der Waals surface area contributed by atoms with Crippen molar-refractivity contribution in [2.24, 2.45) is 0 Å². The van der Waals surface area contributed by atoms with E-state index >= 15 is 0 Å². The summed E-state index contributed by atoms with van der Waals surface area (Å²) in [5.41, 5.74) is 7.25. The third-order valence-electron chi connectivity index (χ3n) is 2.50. The van der Waals surface area contributed by atoms with Gasteiger partial charge in [0.05, 0.1) is 21.4 Å². The second-order valence-corrected chi connectivity index (χ2v) is 6.13. The van der Waals surface area contributed by atoms with Crippen LogP contribution in [-0.2, 0) is 16.6 Å². The molecule has 96 valence electrons. The lowest BCUT2D eigenvalue weighted by molar-refractivity contribution is 0.682. The average molecular weight is 336 g/mol. The number of aromatic nitrogens is 1. The third kappa shape index (κ3) is 3.19. The second kappa shape index (κ2) is 5.95. The van der Waals surface area contributed by atoms with Gasteiger partial charge in [0.2, 0.25) is 0 Å². The molecule has 2 rings (SSSR count). The van der Waals surface area contributed by atoms with E-state index in [0.29, 0.717) is 21.8 Å². The summed E-state index contributed by atoms with van der Waals surface area (Å²) in [4.78, 5) is 4.51. The molecule has 0 aliphatic heterocycles. The van der Waals surface area contributed by atoms with Crippen LogP contribution in [0.25, 0.3) is 0 Å². The lowest BCUT2D eigenvalue weighted by Gasteiger charge is -2.07. The molecule has 0 radical (unpaired) electrons. The molecule has 6 heteroatoms. The van der Waals surface area contributed by atoms with E-state index in [9.17, 15) is 4.21 Å². The average Bonchev–Trinajstić information content (AvgIpc) is 2.42. The Labute approximate surface area is 121 Å². The lowest BCUT2D eigenvalue weighted by atomic mass is 10.2. The van der Waals surface area contributed by atoms with Crippen LogP contribution in [-0.4, -0.2) is 9.19 Å². The maximum atomic E-state index is 12.3. The largest absolute Gasteiger partial charge is 0.398 e. The topological polar surface area (TPSA) is 79.8 Å². The Morgan fingerprint density at radius 1 is 1.42 bits per heavy atom. The van der Waals surface area contributed by atoms with Gasteiger partial charge in [0.25, 0.3) is 0 Å². The van der Waals surface area contributed by atoms with Crippen LogP contribution in [0.4, 0.5) is 5.69 Å². The fourth-order valence-electron chi connectivity index (χ4n) is 1.58. The Morgan fingerprint density at radius 3 is 2.95 bits per heavy atom. The van der Waals surface area contributed by atoms with E-state index in [1.54, 1.807) is 36.5 Å². The highest BCUT2D eigenvalue weighted by Crippen LogP contribution is 2.24. The standard InChI is InChI=1S/C13H10BrN3OS/c14-10-3-4-11(16)13(6-10)19(18)8-9-2-1-5-17-12(9)7-15/h1-6H,8,16H2. The minimum Gasteiger partial charge on any atom is -0.398 e. The summed E-state index contributed by atoms with van der Waals surface area (Å²) in [5, 5.41) is 8.96. The first-order chi connectivity index (χ1) is 9.11. The Hall–Kier alpha value is -1.71. The predicted molar refractivity (Wildman–Crippen MR) is 77.6 cm³/mol. The molecule has 1 heterocycles. The summed E-state index contributed by atoms with van der Waals surface area (Å²) in [6.07, 6.45) is 1.54. The molecule has 1 aromatic carbocycles. The van der Waals surface area contributed by atoms with E-state index < -0.39 is 10.8 Å². The number of hydrogen-bond acceptors (Lipinski definition) is 4. The van der Waals surface area contributed by atoms with E-state index in [2.05, 4.69) is 20.9 Å². The zero-order valence-electron chi connectivity index (χ0n) is 9.84. The molecule has 19 heavy (non-hydrogen) atoms. The van der Waals surface area contributed by atoms with Gasteiger partial charge >= 0.3 is 0 Å². The molecule has 1 unspecified atom stereocenters. The SMILES string of the molecule is N#Cc1ncccc1CS(=O)c1cc(Br)ccc1N. The van der Waals surface area contributed by atoms with Crippen LogP contribution < -0.4 is 5.73 Å². The fraction of sp³-hybridized carbons (Fsp3) is 0.0769. The molecule has 0 saturated carbocycles. The number of rotatable bonds is 3. The first-order valence-electron chi connectivity index (χ1n) is 5.39. The number of nitrogens with zero attached hydrogens (tertiary/aromatic N) is 2. The van der Waals surface area contributed by atoms with Crippen molar-refractivity contribution < 1.29 is 4.21 Å². The van der Waals surface area contributed by atoms with E-state index in [1.165, 1.54) is 0 Å². The van der Waals surface area contributed by atoms with Crippen molar-refractivity contribution in [2.45, 2.75) is 10.6 Å². The van der Waals surface area contributed by atoms with Crippen molar-refractivity contribution in [2.75, 3.05) is 5.73 Å². The number of pyridine rings is 1. The lowest BCUT2D eigenvalue weighted by Crippen LogP contribution is -2.03. The summed E-state index contributed by atoms with van der Waals surface area (Å²) < 4.78 is 13.1. The van der Waals surface area contributed by atoms with Gasteiger partial charge in [-0.25, -0.2) is 4.98 Å². The normalized spacial score (nSPS) is 11.8. The van der Waals surface area contributed by atoms with Crippen molar-refractivity contribution in [3.63, 3.8) is 0 Å². The summed E-state index contributed by atoms with van der Waals surface area (Å²) in [6.45, 7) is 0. The van der Waals surface area contributed by atoms with Crippen molar-refractivity contribution in [1.29, 1.82) is 5.26 Å². The second-order valence-electron chi connectivity index (χ2n) is 3.79. The van der Waals surface area contributed by atoms with Gasteiger partial charge in [-0.1, -0.05) is 22.0 Å². The first kappa shape index (κ1) is 13.7. The number of nitrogen functional groups attached to an aromatic ring is 1. The van der Waals surface area contributed by atoms with Crippen LogP contribution in [0.1, 0.15) is 11.3 Å². The quantitative estimate of drug-likeness (QED) is 0.874. The van der Waals surface area contributed by atoms with Gasteiger partial charge in [-0.2, -0.15) is 5.26 Å². The molecule has 0 amide bonds. The van der Waals surface area contributed by atoms with E-state index in [1.807, 2.05) is 6.07 Å². The van der Waals surface area contributed by atoms with Gasteiger partial charge in [-0.15, -0.1) is 0 Å². The smallest absolute Gasteiger partial charge is 0.144 e. The molecule has 0 bridgehead atoms. The molecule has 0 aliphatic carbocycles. The molecule has 4 nitrogen and oxygen atoms in total. The van der Waals surface area contributed by atoms with Crippen LogP contribution >= 0.6 is 15.9 Å². The molecule has 2 aromatic rings. The highest BCUT2D eigenvalue weighted by molar-refractivity contribution is 9.10. The number of benzene rings is 1. The van der Waals surface area contributed by atoms with Crippen molar-refractivity contribution in [1.82, 2.24) is 4.98 Å². The first-order valence-corrected chi connectivity index (χ1v) is 7.50. The highest BCUT2D eigenvalue weighted by atomic mass is 79.9. The Balaban J connectivity index is 2.31. The van der Waals surface area contributed by atoms with Crippen LogP contribution in [0, 0.1) is 11.3 Å². The third-order valence-corrected chi connectivity index (χ3v) is 4.42. The summed E-state index contributed by atoms with van der Waals surface area (Å²) in [7, 11) is -1.31. The summed E-state index contributed by atoms with van der Waals surface area (Å²) in [5.74, 6) is 0.220. The molecule has 0 aliphatic rings. The number of nitriles is 1. The van der Waals surface area contributed by atoms with E-state index in [4.69, 9.17) is 11.0 Å². The minimum atomic E-state index is -1.31. The molecular formula is C13H10BrN3OS. The molecule has 1 aromatic heterocycles. The zero-order valence-corrected chi connectivity index (χ0v) is 12.2. The monoisotopic (exact) mass is 335 g/mol. The number of nitrogens with two attached hydrogens (primary N) is 1. The number of hydrogen-bond donors (Lipinski definition) is 1. The molecule has 0 fully saturated rings. The van der Waals surface area contributed by atoms with Crippen LogP contribution in [0.3, 0.4) is 0 Å². The molecule has 2 N–H and O–H groups in total. The van der Waals surface area contributed by atoms with E-state index in [0.717, 1.165) is 4.47 Å². The Morgan fingerprint density at radius 2 is 2.21 bits per heavy atom. The van der Waals surface area contributed by atoms with Crippen LogP contribution in [0.2, 0.25) is 0 Å².